The molecule has 4 amide bonds. The van der Waals surface area contributed by atoms with Crippen molar-refractivity contribution in [3.63, 3.8) is 0 Å². The molecule has 0 unspecified atom stereocenters. The van der Waals surface area contributed by atoms with Crippen LogP contribution in [0.2, 0.25) is 0 Å². The maximum Gasteiger partial charge on any atom is 0.323 e. The summed E-state index contributed by atoms with van der Waals surface area (Å²) < 4.78 is 0. The Balaban J connectivity index is 1.65. The number of nitrogens with zero attached hydrogens (tertiary/aromatic N) is 2. The van der Waals surface area contributed by atoms with Gasteiger partial charge in [0.25, 0.3) is 0 Å². The van der Waals surface area contributed by atoms with Crippen molar-refractivity contribution < 1.29 is 14.4 Å². The van der Waals surface area contributed by atoms with Gasteiger partial charge >= 0.3 is 6.03 Å². The summed E-state index contributed by atoms with van der Waals surface area (Å²) in [4.78, 5) is 39.5. The van der Waals surface area contributed by atoms with Crippen LogP contribution in [0.25, 0.3) is 0 Å². The molecule has 150 valence electrons. The van der Waals surface area contributed by atoms with Crippen LogP contribution in [0.3, 0.4) is 0 Å². The van der Waals surface area contributed by atoms with Crippen LogP contribution in [0.15, 0.2) is 61.2 Å². The van der Waals surface area contributed by atoms with E-state index in [1.54, 1.807) is 11.9 Å². The van der Waals surface area contributed by atoms with Gasteiger partial charge in [-0.15, -0.1) is 0 Å². The zero-order chi connectivity index (χ0) is 20.8. The minimum absolute atomic E-state index is 0.0115. The lowest BCUT2D eigenvalue weighted by atomic mass is 9.97. The maximum atomic E-state index is 12.5. The fourth-order valence-electron chi connectivity index (χ4n) is 3.28. The molecular formula is C22H24N4O3. The predicted octanol–water partition coefficient (Wildman–Crippen LogP) is 2.86. The van der Waals surface area contributed by atoms with Crippen molar-refractivity contribution in [2.45, 2.75) is 13.0 Å². The molecule has 0 fully saturated rings. The first kappa shape index (κ1) is 20.1. The zero-order valence-corrected chi connectivity index (χ0v) is 16.4. The third-order valence-electron chi connectivity index (χ3n) is 4.82. The molecule has 1 aliphatic heterocycles. The molecule has 2 aromatic carbocycles. The minimum atomic E-state index is -0.312. The lowest BCUT2D eigenvalue weighted by Crippen LogP contribution is -2.43. The van der Waals surface area contributed by atoms with E-state index in [4.69, 9.17) is 0 Å². The van der Waals surface area contributed by atoms with Crippen LogP contribution in [0.1, 0.15) is 11.1 Å². The minimum Gasteiger partial charge on any atom is -0.336 e. The van der Waals surface area contributed by atoms with Crippen LogP contribution in [0.4, 0.5) is 16.2 Å². The van der Waals surface area contributed by atoms with E-state index < -0.39 is 0 Å². The standard InChI is InChI=1S/C22H24N4O3/c1-3-20(27)25(2)15-21(28)26-13-12-18-16(14-26)8-7-11-19(18)24-22(29)23-17-9-5-4-6-10-17/h3-11H,1,12-15H2,2H3,(H2,23,24,29). The van der Waals surface area contributed by atoms with Crippen molar-refractivity contribution in [2.24, 2.45) is 0 Å². The van der Waals surface area contributed by atoms with Gasteiger partial charge in [-0.2, -0.15) is 0 Å². The number of carbonyl (C=O) groups excluding carboxylic acids is 3. The van der Waals surface area contributed by atoms with E-state index in [1.165, 1.54) is 11.0 Å². The number of hydrogen-bond acceptors (Lipinski definition) is 3. The average Bonchev–Trinajstić information content (AvgIpc) is 2.73. The number of para-hydroxylation sites is 1. The van der Waals surface area contributed by atoms with Gasteiger partial charge in [0.2, 0.25) is 11.8 Å². The van der Waals surface area contributed by atoms with Crippen LogP contribution in [-0.4, -0.2) is 47.8 Å². The summed E-state index contributed by atoms with van der Waals surface area (Å²) in [5, 5.41) is 5.70. The molecule has 7 heteroatoms. The first-order valence-electron chi connectivity index (χ1n) is 9.37. The molecule has 0 aliphatic carbocycles. The highest BCUT2D eigenvalue weighted by atomic mass is 16.2. The molecule has 0 atom stereocenters. The number of fused-ring (bicyclic) bond motifs is 1. The molecule has 0 aromatic heterocycles. The molecule has 1 heterocycles. The fourth-order valence-corrected chi connectivity index (χ4v) is 3.28. The van der Waals surface area contributed by atoms with Gasteiger partial charge in [-0.3, -0.25) is 9.59 Å². The quantitative estimate of drug-likeness (QED) is 0.768. The zero-order valence-electron chi connectivity index (χ0n) is 16.4. The maximum absolute atomic E-state index is 12.5. The molecule has 0 spiro atoms. The summed E-state index contributed by atoms with van der Waals surface area (Å²) in [7, 11) is 1.58. The first-order chi connectivity index (χ1) is 14.0. The van der Waals surface area contributed by atoms with E-state index in [0.717, 1.165) is 16.8 Å². The molecule has 2 N–H and O–H groups in total. The molecule has 0 saturated carbocycles. The number of hydrogen-bond donors (Lipinski definition) is 2. The highest BCUT2D eigenvalue weighted by Crippen LogP contribution is 2.26. The van der Waals surface area contributed by atoms with Crippen LogP contribution >= 0.6 is 0 Å². The molecule has 29 heavy (non-hydrogen) atoms. The number of urea groups is 1. The van der Waals surface area contributed by atoms with Crippen LogP contribution in [-0.2, 0) is 22.6 Å². The van der Waals surface area contributed by atoms with Gasteiger partial charge < -0.3 is 20.4 Å². The van der Waals surface area contributed by atoms with Crippen molar-refractivity contribution >= 4 is 29.2 Å². The van der Waals surface area contributed by atoms with Crippen molar-refractivity contribution in [3.8, 4) is 0 Å². The number of benzene rings is 2. The summed E-state index contributed by atoms with van der Waals surface area (Å²) in [5.41, 5.74) is 3.46. The van der Waals surface area contributed by atoms with Gasteiger partial charge in [-0.1, -0.05) is 36.9 Å². The van der Waals surface area contributed by atoms with Crippen LogP contribution in [0.5, 0.6) is 0 Å². The Morgan fingerprint density at radius 3 is 2.59 bits per heavy atom. The summed E-state index contributed by atoms with van der Waals surface area (Å²) in [6.45, 7) is 4.42. The van der Waals surface area contributed by atoms with Gasteiger partial charge in [0, 0.05) is 31.5 Å². The number of likely N-dealkylation sites (N-methyl/N-ethyl adjacent to an activating group) is 1. The highest BCUT2D eigenvalue weighted by molar-refractivity contribution is 6.00. The second kappa shape index (κ2) is 9.05. The van der Waals surface area contributed by atoms with Gasteiger partial charge in [0.15, 0.2) is 0 Å². The average molecular weight is 392 g/mol. The number of nitrogens with one attached hydrogen (secondary N) is 2. The lowest BCUT2D eigenvalue weighted by Gasteiger charge is -2.31. The molecule has 1 aliphatic rings. The summed E-state index contributed by atoms with van der Waals surface area (Å²) in [5.74, 6) is -0.403. The third-order valence-corrected chi connectivity index (χ3v) is 4.82. The SMILES string of the molecule is C=CC(=O)N(C)CC(=O)N1CCc2c(cccc2NC(=O)Nc2ccccc2)C1. The van der Waals surface area contributed by atoms with E-state index in [1.807, 2.05) is 48.5 Å². The Labute approximate surface area is 170 Å². The lowest BCUT2D eigenvalue weighted by molar-refractivity contribution is -0.137. The van der Waals surface area contributed by atoms with Gasteiger partial charge in [-0.25, -0.2) is 4.79 Å². The molecule has 7 nitrogen and oxygen atoms in total. The third kappa shape index (κ3) is 5.01. The normalized spacial score (nSPS) is 12.5. The first-order valence-corrected chi connectivity index (χ1v) is 9.37. The van der Waals surface area contributed by atoms with Crippen molar-refractivity contribution in [2.75, 3.05) is 30.8 Å². The monoisotopic (exact) mass is 392 g/mol. The van der Waals surface area contributed by atoms with Gasteiger partial charge in [0.1, 0.15) is 0 Å². The van der Waals surface area contributed by atoms with Crippen molar-refractivity contribution in [3.05, 3.63) is 72.3 Å². The second-order valence-corrected chi connectivity index (χ2v) is 6.85. The number of rotatable bonds is 5. The Morgan fingerprint density at radius 2 is 1.86 bits per heavy atom. The van der Waals surface area contributed by atoms with Crippen LogP contribution in [0, 0.1) is 0 Å². The second-order valence-electron chi connectivity index (χ2n) is 6.85. The van der Waals surface area contributed by atoms with Crippen LogP contribution < -0.4 is 10.6 Å². The largest absolute Gasteiger partial charge is 0.336 e. The van der Waals surface area contributed by atoms with Crippen molar-refractivity contribution in [1.82, 2.24) is 9.80 Å². The van der Waals surface area contributed by atoms with E-state index in [-0.39, 0.29) is 24.4 Å². The van der Waals surface area contributed by atoms with E-state index in [9.17, 15) is 14.4 Å². The topological polar surface area (TPSA) is 81.8 Å². The van der Waals surface area contributed by atoms with E-state index in [2.05, 4.69) is 17.2 Å². The van der Waals surface area contributed by atoms with Gasteiger partial charge in [0.05, 0.1) is 6.54 Å². The highest BCUT2D eigenvalue weighted by Gasteiger charge is 2.24. The number of carbonyl (C=O) groups is 3. The molecule has 3 rings (SSSR count). The molecule has 0 bridgehead atoms. The molecule has 0 radical (unpaired) electrons. The fraction of sp³-hybridized carbons (Fsp3) is 0.227. The van der Waals surface area contributed by atoms with Gasteiger partial charge in [-0.05, 0) is 41.8 Å². The van der Waals surface area contributed by atoms with E-state index >= 15 is 0 Å². The molecule has 0 saturated heterocycles. The van der Waals surface area contributed by atoms with E-state index in [0.29, 0.717) is 25.2 Å². The predicted molar refractivity (Wildman–Crippen MR) is 112 cm³/mol. The number of anilines is 2. The Morgan fingerprint density at radius 1 is 1.10 bits per heavy atom. The Bertz CT molecular complexity index is 927. The summed E-state index contributed by atoms with van der Waals surface area (Å²) >= 11 is 0. The number of amides is 4. The molecular weight excluding hydrogens is 368 g/mol. The molecule has 2 aromatic rings. The summed E-state index contributed by atoms with van der Waals surface area (Å²) in [6, 6.07) is 14.6. The Kier molecular flexibility index (Phi) is 6.29. The smallest absolute Gasteiger partial charge is 0.323 e. The summed E-state index contributed by atoms with van der Waals surface area (Å²) in [6.07, 6.45) is 1.82. The Hall–Kier alpha value is -3.61. The van der Waals surface area contributed by atoms with Crippen molar-refractivity contribution in [1.29, 1.82) is 0 Å².